The van der Waals surface area contributed by atoms with Gasteiger partial charge in [-0.1, -0.05) is 81.4 Å². The fourth-order valence-electron chi connectivity index (χ4n) is 3.30. The predicted octanol–water partition coefficient (Wildman–Crippen LogP) is 6.61. The monoisotopic (exact) mass is 460 g/mol. The Labute approximate surface area is 185 Å². The molecule has 7 heteroatoms. The van der Waals surface area contributed by atoms with Crippen molar-refractivity contribution in [2.45, 2.75) is 88.9 Å². The van der Waals surface area contributed by atoms with Gasteiger partial charge in [-0.2, -0.15) is 8.42 Å². The topological polar surface area (TPSA) is 69.7 Å². The summed E-state index contributed by atoms with van der Waals surface area (Å²) >= 11 is 0. The number of carbonyl (C=O) groups excluding carboxylic acids is 1. The second-order valence-electron chi connectivity index (χ2n) is 8.24. The normalized spacial score (nSPS) is 12.7. The second-order valence-corrected chi connectivity index (χ2v) is 13.1. The summed E-state index contributed by atoms with van der Waals surface area (Å²) in [6.45, 7) is 2.24. The molecule has 0 bridgehead atoms. The van der Waals surface area contributed by atoms with Crippen molar-refractivity contribution in [2.24, 2.45) is 0 Å². The number of hydrogen-bond donors (Lipinski definition) is 0. The summed E-state index contributed by atoms with van der Waals surface area (Å²) < 4.78 is 33.4. The lowest BCUT2D eigenvalue weighted by atomic mass is 10.1. The van der Waals surface area contributed by atoms with Crippen LogP contribution in [0.5, 0.6) is 5.75 Å². The number of rotatable bonds is 16. The van der Waals surface area contributed by atoms with Crippen LogP contribution in [0, 0.1) is 0 Å². The van der Waals surface area contributed by atoms with Gasteiger partial charge < -0.3 is 4.74 Å². The summed E-state index contributed by atoms with van der Waals surface area (Å²) in [5.74, 6) is 0.249. The van der Waals surface area contributed by atoms with E-state index in [-0.39, 0.29) is 5.97 Å². The van der Waals surface area contributed by atoms with E-state index < -0.39 is 20.4 Å². The van der Waals surface area contributed by atoms with Crippen molar-refractivity contribution in [1.82, 2.24) is 0 Å². The Morgan fingerprint density at radius 1 is 0.767 bits per heavy atom. The van der Waals surface area contributed by atoms with Crippen molar-refractivity contribution < 1.29 is 21.6 Å². The Bertz CT molecular complexity index is 712. The first kappa shape index (κ1) is 27.0. The first-order chi connectivity index (χ1) is 14.1. The molecule has 0 aromatic heterocycles. The van der Waals surface area contributed by atoms with Crippen molar-refractivity contribution >= 4 is 26.4 Å². The van der Waals surface area contributed by atoms with E-state index in [1.54, 1.807) is 36.8 Å². The Kier molecular flexibility index (Phi) is 12.7. The Hall–Kier alpha value is -1.05. The molecule has 174 valence electrons. The molecule has 0 atom stereocenters. The highest BCUT2D eigenvalue weighted by Crippen LogP contribution is 2.51. The quantitative estimate of drug-likeness (QED) is 0.158. The van der Waals surface area contributed by atoms with Crippen LogP contribution in [0.2, 0.25) is 0 Å². The minimum Gasteiger partial charge on any atom is -0.427 e. The third-order valence-corrected chi connectivity index (χ3v) is 8.66. The predicted molar refractivity (Wildman–Crippen MR) is 127 cm³/mol. The van der Waals surface area contributed by atoms with Crippen molar-refractivity contribution in [3.63, 3.8) is 0 Å². The first-order valence-corrected chi connectivity index (χ1v) is 15.3. The van der Waals surface area contributed by atoms with Crippen LogP contribution in [0.3, 0.4) is 0 Å². The molecular formula is C23H40O5S2. The minimum absolute atomic E-state index is 0.224. The second kappa shape index (κ2) is 14.1. The zero-order valence-electron chi connectivity index (χ0n) is 19.2. The van der Waals surface area contributed by atoms with E-state index in [0.29, 0.717) is 12.2 Å². The Morgan fingerprint density at radius 2 is 1.23 bits per heavy atom. The minimum atomic E-state index is -3.53. The number of unbranched alkanes of at least 4 members (excludes halogenated alkanes) is 10. The van der Waals surface area contributed by atoms with Crippen LogP contribution in [0.1, 0.15) is 84.0 Å². The van der Waals surface area contributed by atoms with Crippen molar-refractivity contribution in [2.75, 3.05) is 18.8 Å². The summed E-state index contributed by atoms with van der Waals surface area (Å²) in [5, 5.41) is 0. The maximum atomic E-state index is 12.0. The van der Waals surface area contributed by atoms with Crippen LogP contribution >= 0.6 is 10.3 Å². The molecule has 1 rings (SSSR count). The van der Waals surface area contributed by atoms with Gasteiger partial charge in [0, 0.05) is 11.3 Å². The molecule has 0 amide bonds. The molecule has 0 saturated carbocycles. The van der Waals surface area contributed by atoms with Crippen LogP contribution in [0.25, 0.3) is 0 Å². The maximum Gasteiger partial charge on any atom is 0.311 e. The van der Waals surface area contributed by atoms with Crippen molar-refractivity contribution in [3.8, 4) is 5.75 Å². The zero-order chi connectivity index (χ0) is 22.5. The summed E-state index contributed by atoms with van der Waals surface area (Å²) in [6.07, 6.45) is 18.7. The smallest absolute Gasteiger partial charge is 0.311 e. The fraction of sp³-hybridized carbons (Fsp3) is 0.696. The molecule has 0 saturated heterocycles. The van der Waals surface area contributed by atoms with E-state index in [2.05, 4.69) is 6.92 Å². The highest BCUT2D eigenvalue weighted by atomic mass is 32.3. The van der Waals surface area contributed by atoms with E-state index in [4.69, 9.17) is 8.37 Å². The molecule has 0 aliphatic rings. The average Bonchev–Trinajstić information content (AvgIpc) is 2.64. The molecule has 1 aromatic carbocycles. The molecule has 30 heavy (non-hydrogen) atoms. The van der Waals surface area contributed by atoms with Gasteiger partial charge in [0.15, 0.2) is 0 Å². The van der Waals surface area contributed by atoms with Crippen LogP contribution in [0.4, 0.5) is 0 Å². The van der Waals surface area contributed by atoms with E-state index in [1.807, 2.05) is 0 Å². The van der Waals surface area contributed by atoms with Crippen LogP contribution < -0.4 is 4.74 Å². The number of esters is 1. The summed E-state index contributed by atoms with van der Waals surface area (Å²) in [5.41, 5.74) is 0. The van der Waals surface area contributed by atoms with Gasteiger partial charge in [-0.15, -0.1) is 0 Å². The van der Waals surface area contributed by atoms with Gasteiger partial charge in [-0.05, 0) is 43.2 Å². The third kappa shape index (κ3) is 12.6. The Morgan fingerprint density at radius 3 is 1.70 bits per heavy atom. The zero-order valence-corrected chi connectivity index (χ0v) is 20.8. The van der Waals surface area contributed by atoms with Crippen LogP contribution in [-0.2, 0) is 18.5 Å². The third-order valence-electron chi connectivity index (χ3n) is 4.90. The Balaban J connectivity index is 2.20. The van der Waals surface area contributed by atoms with Gasteiger partial charge in [-0.25, -0.2) is 3.63 Å². The van der Waals surface area contributed by atoms with E-state index in [0.717, 1.165) is 24.0 Å². The molecule has 1 aromatic rings. The standard InChI is InChI=1S/C23H40O5S2/c1-5-6-7-8-9-10-11-12-13-14-15-16-23(24)27-21-17-19-22(20-18-21)29(2,3)28-30(4,25)26/h17-20H,5-16H2,1-4H3. The maximum absolute atomic E-state index is 12.0. The molecule has 0 unspecified atom stereocenters. The summed E-state index contributed by atoms with van der Waals surface area (Å²) in [7, 11) is -5.46. The lowest BCUT2D eigenvalue weighted by molar-refractivity contribution is -0.134. The highest BCUT2D eigenvalue weighted by molar-refractivity contribution is 8.32. The molecule has 0 fully saturated rings. The van der Waals surface area contributed by atoms with Gasteiger partial charge in [0.1, 0.15) is 5.75 Å². The van der Waals surface area contributed by atoms with Gasteiger partial charge in [0.2, 0.25) is 0 Å². The molecule has 0 spiro atoms. The van der Waals surface area contributed by atoms with Gasteiger partial charge in [-0.3, -0.25) is 4.79 Å². The van der Waals surface area contributed by atoms with E-state index in [9.17, 15) is 13.2 Å². The van der Waals surface area contributed by atoms with Crippen molar-refractivity contribution in [3.05, 3.63) is 24.3 Å². The SMILES string of the molecule is CCCCCCCCCCCCCC(=O)Oc1ccc(S(C)(C)OS(C)(=O)=O)cc1. The largest absolute Gasteiger partial charge is 0.427 e. The molecule has 0 aliphatic heterocycles. The molecule has 0 radical (unpaired) electrons. The lowest BCUT2D eigenvalue weighted by Crippen LogP contribution is -2.09. The fourth-order valence-corrected chi connectivity index (χ4v) is 6.88. The summed E-state index contributed by atoms with van der Waals surface area (Å²) in [6, 6.07) is 6.89. The van der Waals surface area contributed by atoms with E-state index in [1.165, 1.54) is 57.8 Å². The number of hydrogen-bond acceptors (Lipinski definition) is 5. The molecule has 0 N–H and O–H groups in total. The molecule has 0 aliphatic carbocycles. The molecule has 0 heterocycles. The average molecular weight is 461 g/mol. The number of benzene rings is 1. The number of carbonyl (C=O) groups is 1. The van der Waals surface area contributed by atoms with Gasteiger partial charge in [0.05, 0.1) is 6.26 Å². The van der Waals surface area contributed by atoms with Crippen LogP contribution in [-0.4, -0.2) is 33.2 Å². The number of ether oxygens (including phenoxy) is 1. The lowest BCUT2D eigenvalue weighted by Gasteiger charge is -2.29. The van der Waals surface area contributed by atoms with E-state index >= 15 is 0 Å². The summed E-state index contributed by atoms with van der Waals surface area (Å²) in [4.78, 5) is 12.8. The first-order valence-electron chi connectivity index (χ1n) is 11.1. The van der Waals surface area contributed by atoms with Gasteiger partial charge >= 0.3 is 5.97 Å². The van der Waals surface area contributed by atoms with Gasteiger partial charge in [0.25, 0.3) is 10.1 Å². The molecular weight excluding hydrogens is 420 g/mol. The van der Waals surface area contributed by atoms with Crippen molar-refractivity contribution in [1.29, 1.82) is 0 Å². The van der Waals surface area contributed by atoms with Crippen LogP contribution in [0.15, 0.2) is 29.2 Å². The molecule has 5 nitrogen and oxygen atoms in total. The highest BCUT2D eigenvalue weighted by Gasteiger charge is 2.21.